The van der Waals surface area contributed by atoms with Crippen molar-refractivity contribution in [3.05, 3.63) is 0 Å². The summed E-state index contributed by atoms with van der Waals surface area (Å²) in [6.07, 6.45) is 6.32. The van der Waals surface area contributed by atoms with Crippen molar-refractivity contribution in [2.45, 2.75) is 38.5 Å². The Morgan fingerprint density at radius 2 is 0.812 bits per heavy atom. The van der Waals surface area contributed by atoms with Gasteiger partial charge in [-0.15, -0.1) is 0 Å². The fourth-order valence-corrected chi connectivity index (χ4v) is 3.92. The average molecular weight is 348 g/mol. The fraction of sp³-hybridized carbons (Fsp3) is 1.00. The minimum Gasteiger partial charge on any atom is -0.289 e. The lowest BCUT2D eigenvalue weighted by atomic mass is 10.1. The predicted octanol–water partition coefficient (Wildman–Crippen LogP) is 6.67. The van der Waals surface area contributed by atoms with Crippen LogP contribution in [0.4, 0.5) is 0 Å². The number of unbranched alkanes of at least 4 members (excludes halogenated alkanes) is 5. The third-order valence-corrected chi connectivity index (χ3v) is 5.79. The van der Waals surface area contributed by atoms with Crippen LogP contribution in [0.25, 0.3) is 0 Å². The first-order chi connectivity index (χ1) is 7.21. The molecule has 0 aliphatic heterocycles. The van der Waals surface area contributed by atoms with E-state index in [1.165, 1.54) is 0 Å². The Bertz CT molecular complexity index is 245. The molecule has 98 valence electrons. The van der Waals surface area contributed by atoms with Gasteiger partial charge in [0, 0.05) is 12.3 Å². The standard InChI is InChI=1S/C8H16Cl4O2P2/c9-15(10,13)7-5-3-1-2-4-6-8-16(11,12)14/h1-8H2. The van der Waals surface area contributed by atoms with Gasteiger partial charge in [-0.1, -0.05) is 25.7 Å². The Morgan fingerprint density at radius 3 is 1.06 bits per heavy atom. The third-order valence-electron chi connectivity index (χ3n) is 2.09. The molecule has 0 saturated heterocycles. The third kappa shape index (κ3) is 15.6. The summed E-state index contributed by atoms with van der Waals surface area (Å²) in [6, 6.07) is 0. The van der Waals surface area contributed by atoms with Gasteiger partial charge in [-0.3, -0.25) is 9.13 Å². The first kappa shape index (κ1) is 17.6. The Kier molecular flexibility index (Phi) is 9.55. The molecular weight excluding hydrogens is 332 g/mol. The minimum absolute atomic E-state index is 0.384. The Morgan fingerprint density at radius 1 is 0.562 bits per heavy atom. The summed E-state index contributed by atoms with van der Waals surface area (Å²) in [5.41, 5.74) is 0. The molecule has 0 heterocycles. The van der Waals surface area contributed by atoms with Crippen LogP contribution >= 0.6 is 56.7 Å². The van der Waals surface area contributed by atoms with Gasteiger partial charge in [0.15, 0.2) is 0 Å². The summed E-state index contributed by atoms with van der Waals surface area (Å²) in [5.74, 6) is -5.75. The van der Waals surface area contributed by atoms with Gasteiger partial charge in [0.2, 0.25) is 0 Å². The van der Waals surface area contributed by atoms with E-state index >= 15 is 0 Å². The molecule has 0 aromatic heterocycles. The summed E-state index contributed by atoms with van der Waals surface area (Å²) in [4.78, 5) is 0. The molecule has 16 heavy (non-hydrogen) atoms. The normalized spacial score (nSPS) is 13.0. The molecule has 0 aliphatic rings. The lowest BCUT2D eigenvalue weighted by Gasteiger charge is -2.03. The lowest BCUT2D eigenvalue weighted by molar-refractivity contribution is 0.580. The number of hydrogen-bond donors (Lipinski definition) is 0. The fourth-order valence-electron chi connectivity index (χ4n) is 1.30. The van der Waals surface area contributed by atoms with E-state index in [4.69, 9.17) is 45.0 Å². The second-order valence-corrected chi connectivity index (χ2v) is 14.5. The highest BCUT2D eigenvalue weighted by Crippen LogP contribution is 2.57. The number of halogens is 4. The molecule has 0 bridgehead atoms. The van der Waals surface area contributed by atoms with Gasteiger partial charge < -0.3 is 0 Å². The lowest BCUT2D eigenvalue weighted by Crippen LogP contribution is -1.85. The molecule has 0 unspecified atom stereocenters. The molecule has 2 nitrogen and oxygen atoms in total. The molecule has 0 atom stereocenters. The van der Waals surface area contributed by atoms with Crippen LogP contribution in [0.15, 0.2) is 0 Å². The monoisotopic (exact) mass is 346 g/mol. The summed E-state index contributed by atoms with van der Waals surface area (Å²) in [7, 11) is 0. The Labute approximate surface area is 116 Å². The first-order valence-corrected chi connectivity index (χ1v) is 12.6. The predicted molar refractivity (Wildman–Crippen MR) is 76.1 cm³/mol. The summed E-state index contributed by atoms with van der Waals surface area (Å²) in [5, 5.41) is 0. The molecular formula is C8H16Cl4O2P2. The van der Waals surface area contributed by atoms with Crippen molar-refractivity contribution in [1.29, 1.82) is 0 Å². The molecule has 0 fully saturated rings. The quantitative estimate of drug-likeness (QED) is 0.345. The second-order valence-electron chi connectivity index (χ2n) is 3.71. The van der Waals surface area contributed by atoms with E-state index in [2.05, 4.69) is 0 Å². The van der Waals surface area contributed by atoms with Crippen molar-refractivity contribution in [2.75, 3.05) is 12.3 Å². The summed E-state index contributed by atoms with van der Waals surface area (Å²) in [6.45, 7) is 0. The molecule has 0 spiro atoms. The molecule has 0 amide bonds. The van der Waals surface area contributed by atoms with Gasteiger partial charge in [-0.05, 0) is 57.8 Å². The maximum atomic E-state index is 10.9. The van der Waals surface area contributed by atoms with E-state index in [1.807, 2.05) is 0 Å². The highest BCUT2D eigenvalue weighted by Gasteiger charge is 2.13. The summed E-state index contributed by atoms with van der Waals surface area (Å²) >= 11 is 21.6. The van der Waals surface area contributed by atoms with Crippen molar-refractivity contribution in [2.24, 2.45) is 0 Å². The first-order valence-electron chi connectivity index (χ1n) is 5.17. The minimum atomic E-state index is -2.88. The van der Waals surface area contributed by atoms with E-state index in [1.54, 1.807) is 0 Å². The van der Waals surface area contributed by atoms with Gasteiger partial charge in [0.1, 0.15) is 0 Å². The van der Waals surface area contributed by atoms with Crippen LogP contribution in [0.1, 0.15) is 38.5 Å². The molecule has 0 aromatic carbocycles. The van der Waals surface area contributed by atoms with Gasteiger partial charge >= 0.3 is 0 Å². The Balaban J connectivity index is 3.23. The van der Waals surface area contributed by atoms with Gasteiger partial charge in [-0.25, -0.2) is 0 Å². The van der Waals surface area contributed by atoms with Crippen molar-refractivity contribution in [1.82, 2.24) is 0 Å². The largest absolute Gasteiger partial charge is 0.289 e. The smallest absolute Gasteiger partial charge is 0.253 e. The van der Waals surface area contributed by atoms with Crippen LogP contribution in [0.3, 0.4) is 0 Å². The van der Waals surface area contributed by atoms with Crippen LogP contribution in [-0.4, -0.2) is 12.3 Å². The van der Waals surface area contributed by atoms with Crippen molar-refractivity contribution in [3.63, 3.8) is 0 Å². The molecule has 0 rings (SSSR count). The maximum absolute atomic E-state index is 10.9. The van der Waals surface area contributed by atoms with Crippen molar-refractivity contribution in [3.8, 4) is 0 Å². The highest BCUT2D eigenvalue weighted by atomic mass is 35.9. The highest BCUT2D eigenvalue weighted by molar-refractivity contribution is 8.08. The number of hydrogen-bond acceptors (Lipinski definition) is 2. The van der Waals surface area contributed by atoms with Crippen molar-refractivity contribution >= 4 is 56.7 Å². The molecule has 8 heteroatoms. The SMILES string of the molecule is O=P(Cl)(Cl)CCCCCCCCP(=O)(Cl)Cl. The van der Waals surface area contributed by atoms with Crippen molar-refractivity contribution < 1.29 is 9.13 Å². The molecule has 0 aromatic rings. The maximum Gasteiger partial charge on any atom is 0.253 e. The van der Waals surface area contributed by atoms with E-state index in [0.29, 0.717) is 12.3 Å². The second kappa shape index (κ2) is 8.68. The van der Waals surface area contributed by atoms with E-state index < -0.39 is 11.7 Å². The van der Waals surface area contributed by atoms with Crippen LogP contribution in [0.5, 0.6) is 0 Å². The van der Waals surface area contributed by atoms with Gasteiger partial charge in [-0.2, -0.15) is 0 Å². The Hall–Kier alpha value is 1.62. The van der Waals surface area contributed by atoms with E-state index in [9.17, 15) is 9.13 Å². The number of rotatable bonds is 9. The molecule has 0 aliphatic carbocycles. The van der Waals surface area contributed by atoms with E-state index in [-0.39, 0.29) is 0 Å². The van der Waals surface area contributed by atoms with Gasteiger partial charge in [0.05, 0.1) is 0 Å². The van der Waals surface area contributed by atoms with Crippen LogP contribution in [0, 0.1) is 0 Å². The zero-order valence-electron chi connectivity index (χ0n) is 8.88. The van der Waals surface area contributed by atoms with E-state index in [0.717, 1.165) is 38.5 Å². The average Bonchev–Trinajstić information content (AvgIpc) is 2.06. The molecule has 0 saturated carbocycles. The van der Waals surface area contributed by atoms with Crippen LogP contribution in [0.2, 0.25) is 0 Å². The molecule has 0 radical (unpaired) electrons. The zero-order valence-corrected chi connectivity index (χ0v) is 13.7. The van der Waals surface area contributed by atoms with Crippen LogP contribution < -0.4 is 0 Å². The van der Waals surface area contributed by atoms with Crippen LogP contribution in [-0.2, 0) is 9.13 Å². The molecule has 0 N–H and O–H groups in total. The zero-order chi connectivity index (χ0) is 12.7. The van der Waals surface area contributed by atoms with Gasteiger partial charge in [0.25, 0.3) is 11.7 Å². The topological polar surface area (TPSA) is 34.1 Å². The summed E-state index contributed by atoms with van der Waals surface area (Å²) < 4.78 is 21.9.